The van der Waals surface area contributed by atoms with Crippen LogP contribution in [-0.2, 0) is 5.41 Å². The summed E-state index contributed by atoms with van der Waals surface area (Å²) in [5, 5.41) is 9.96. The van der Waals surface area contributed by atoms with Crippen LogP contribution >= 0.6 is 0 Å². The van der Waals surface area contributed by atoms with Crippen LogP contribution in [0.5, 0.6) is 0 Å². The average molecular weight is 324 g/mol. The van der Waals surface area contributed by atoms with Gasteiger partial charge in [0.25, 0.3) is 0 Å². The number of nitrogens with zero attached hydrogens (tertiary/aromatic N) is 1. The highest BCUT2D eigenvalue weighted by Gasteiger charge is 2.17. The van der Waals surface area contributed by atoms with Crippen LogP contribution in [0.1, 0.15) is 81.2 Å². The van der Waals surface area contributed by atoms with Crippen molar-refractivity contribution in [2.45, 2.75) is 81.1 Å². The largest absolute Gasteiger partial charge is 0.313 e. The molecule has 0 saturated heterocycles. The monoisotopic (exact) mass is 323 g/mol. The molecule has 0 spiro atoms. The zero-order valence-electron chi connectivity index (χ0n) is 17.3. The standard InChI is InChI=1S/C9H17N.C7H12N2.2C2H6/c1-9(2,3)8-4-6-10-7-5-8;1-7(2,3)6-4-8-9-5-6;2*1-2/h4,10H,5-7H2,1-3H3;4-5H,1-3H3,(H,8,9);2*1-2H3. The third-order valence-corrected chi connectivity index (χ3v) is 3.39. The first-order valence-electron chi connectivity index (χ1n) is 9.11. The van der Waals surface area contributed by atoms with Gasteiger partial charge in [-0.15, -0.1) is 0 Å². The van der Waals surface area contributed by atoms with Crippen molar-refractivity contribution >= 4 is 0 Å². The summed E-state index contributed by atoms with van der Waals surface area (Å²) in [4.78, 5) is 0. The van der Waals surface area contributed by atoms with Gasteiger partial charge in [-0.05, 0) is 29.4 Å². The van der Waals surface area contributed by atoms with Crippen LogP contribution in [0.2, 0.25) is 0 Å². The maximum absolute atomic E-state index is 3.86. The molecule has 3 nitrogen and oxygen atoms in total. The number of aromatic amines is 1. The lowest BCUT2D eigenvalue weighted by Crippen LogP contribution is -2.25. The molecule has 1 aromatic heterocycles. The SMILES string of the molecule is CC.CC.CC(C)(C)C1=CCNCC1.CC(C)(C)c1cn[nH]c1. The zero-order valence-corrected chi connectivity index (χ0v) is 17.3. The first kappa shape index (κ1) is 24.2. The van der Waals surface area contributed by atoms with E-state index in [9.17, 15) is 0 Å². The molecule has 1 aromatic rings. The van der Waals surface area contributed by atoms with E-state index in [2.05, 4.69) is 63.1 Å². The summed E-state index contributed by atoms with van der Waals surface area (Å²) in [6.07, 6.45) is 7.34. The minimum absolute atomic E-state index is 0.229. The van der Waals surface area contributed by atoms with Crippen LogP contribution in [-0.4, -0.2) is 23.3 Å². The van der Waals surface area contributed by atoms with Crippen molar-refractivity contribution in [2.24, 2.45) is 5.41 Å². The molecule has 23 heavy (non-hydrogen) atoms. The molecule has 0 aliphatic carbocycles. The molecule has 2 rings (SSSR count). The van der Waals surface area contributed by atoms with Crippen molar-refractivity contribution < 1.29 is 0 Å². The zero-order chi connectivity index (χ0) is 18.5. The van der Waals surface area contributed by atoms with Gasteiger partial charge >= 0.3 is 0 Å². The van der Waals surface area contributed by atoms with Crippen molar-refractivity contribution in [1.82, 2.24) is 15.5 Å². The van der Waals surface area contributed by atoms with E-state index in [-0.39, 0.29) is 5.41 Å². The smallest absolute Gasteiger partial charge is 0.0524 e. The molecule has 3 heteroatoms. The van der Waals surface area contributed by atoms with Crippen LogP contribution in [0.3, 0.4) is 0 Å². The Balaban J connectivity index is 0. The van der Waals surface area contributed by atoms with Crippen LogP contribution in [0.4, 0.5) is 0 Å². The van der Waals surface area contributed by atoms with E-state index in [0.29, 0.717) is 5.41 Å². The van der Waals surface area contributed by atoms with Crippen molar-refractivity contribution in [3.63, 3.8) is 0 Å². The summed E-state index contributed by atoms with van der Waals surface area (Å²) in [6.45, 7) is 23.6. The molecule has 2 N–H and O–H groups in total. The number of hydrogen-bond acceptors (Lipinski definition) is 2. The first-order valence-corrected chi connectivity index (χ1v) is 9.11. The van der Waals surface area contributed by atoms with E-state index in [1.165, 1.54) is 12.0 Å². The van der Waals surface area contributed by atoms with Crippen LogP contribution in [0.25, 0.3) is 0 Å². The molecule has 0 bridgehead atoms. The van der Waals surface area contributed by atoms with Gasteiger partial charge in [-0.1, -0.05) is 80.9 Å². The molecule has 0 amide bonds. The lowest BCUT2D eigenvalue weighted by molar-refractivity contribution is 0.464. The normalized spacial score (nSPS) is 14.1. The van der Waals surface area contributed by atoms with Crippen molar-refractivity contribution in [2.75, 3.05) is 13.1 Å². The average Bonchev–Trinajstić information content (AvgIpc) is 3.07. The third kappa shape index (κ3) is 11.1. The number of rotatable bonds is 0. The summed E-state index contributed by atoms with van der Waals surface area (Å²) in [6, 6.07) is 0. The summed E-state index contributed by atoms with van der Waals surface area (Å²) >= 11 is 0. The highest BCUT2D eigenvalue weighted by Crippen LogP contribution is 2.28. The van der Waals surface area contributed by atoms with E-state index < -0.39 is 0 Å². The Morgan fingerprint density at radius 1 is 0.913 bits per heavy atom. The fourth-order valence-electron chi connectivity index (χ4n) is 1.96. The predicted octanol–water partition coefficient (Wildman–Crippen LogP) is 5.71. The fourth-order valence-corrected chi connectivity index (χ4v) is 1.96. The Labute approximate surface area is 145 Å². The van der Waals surface area contributed by atoms with Crippen molar-refractivity contribution in [1.29, 1.82) is 0 Å². The lowest BCUT2D eigenvalue weighted by atomic mass is 9.83. The molecule has 136 valence electrons. The van der Waals surface area contributed by atoms with Gasteiger partial charge in [0.05, 0.1) is 6.20 Å². The van der Waals surface area contributed by atoms with Crippen LogP contribution in [0.15, 0.2) is 24.0 Å². The third-order valence-electron chi connectivity index (χ3n) is 3.39. The van der Waals surface area contributed by atoms with E-state index in [1.807, 2.05) is 40.1 Å². The summed E-state index contributed by atoms with van der Waals surface area (Å²) < 4.78 is 0. The van der Waals surface area contributed by atoms with E-state index in [1.54, 1.807) is 5.57 Å². The minimum Gasteiger partial charge on any atom is -0.313 e. The number of H-pyrrole nitrogens is 1. The second-order valence-electron chi connectivity index (χ2n) is 7.17. The maximum atomic E-state index is 3.86. The molecule has 1 aliphatic heterocycles. The predicted molar refractivity (Wildman–Crippen MR) is 105 cm³/mol. The quantitative estimate of drug-likeness (QED) is 0.600. The topological polar surface area (TPSA) is 40.7 Å². The molecule has 0 aromatic carbocycles. The molecule has 1 aliphatic rings. The summed E-state index contributed by atoms with van der Waals surface area (Å²) in [7, 11) is 0. The van der Waals surface area contributed by atoms with Gasteiger partial charge < -0.3 is 5.32 Å². The Bertz CT molecular complexity index is 390. The lowest BCUT2D eigenvalue weighted by Gasteiger charge is -2.26. The number of nitrogens with one attached hydrogen (secondary N) is 2. The highest BCUT2D eigenvalue weighted by molar-refractivity contribution is 5.14. The van der Waals surface area contributed by atoms with Crippen LogP contribution < -0.4 is 5.32 Å². The van der Waals surface area contributed by atoms with E-state index in [4.69, 9.17) is 0 Å². The molecule has 0 saturated carbocycles. The van der Waals surface area contributed by atoms with Gasteiger partial charge in [0.1, 0.15) is 0 Å². The van der Waals surface area contributed by atoms with Crippen molar-refractivity contribution in [3.05, 3.63) is 29.6 Å². The van der Waals surface area contributed by atoms with Gasteiger partial charge in [0.15, 0.2) is 0 Å². The fraction of sp³-hybridized carbons (Fsp3) is 0.750. The molecule has 2 heterocycles. The van der Waals surface area contributed by atoms with Gasteiger partial charge in [-0.25, -0.2) is 0 Å². The molecule has 0 atom stereocenters. The van der Waals surface area contributed by atoms with Gasteiger partial charge in [0, 0.05) is 12.7 Å². The first-order chi connectivity index (χ1) is 10.7. The van der Waals surface area contributed by atoms with E-state index >= 15 is 0 Å². The second-order valence-corrected chi connectivity index (χ2v) is 7.17. The Morgan fingerprint density at radius 3 is 1.70 bits per heavy atom. The second kappa shape index (κ2) is 12.3. The van der Waals surface area contributed by atoms with Crippen molar-refractivity contribution in [3.8, 4) is 0 Å². The van der Waals surface area contributed by atoms with E-state index in [0.717, 1.165) is 13.1 Å². The molecule has 0 fully saturated rings. The number of hydrogen-bond donors (Lipinski definition) is 2. The number of aromatic nitrogens is 2. The molecular weight excluding hydrogens is 282 g/mol. The summed E-state index contributed by atoms with van der Waals surface area (Å²) in [5.41, 5.74) is 3.48. The van der Waals surface area contributed by atoms with Crippen LogP contribution in [0, 0.1) is 5.41 Å². The Morgan fingerprint density at radius 2 is 1.48 bits per heavy atom. The van der Waals surface area contributed by atoms with Gasteiger partial charge in [0.2, 0.25) is 0 Å². The van der Waals surface area contributed by atoms with Gasteiger partial charge in [-0.3, -0.25) is 5.10 Å². The van der Waals surface area contributed by atoms with Gasteiger partial charge in [-0.2, -0.15) is 5.10 Å². The Kier molecular flexibility index (Phi) is 13.0. The minimum atomic E-state index is 0.229. The highest BCUT2D eigenvalue weighted by atomic mass is 15.1. The summed E-state index contributed by atoms with van der Waals surface area (Å²) in [5.74, 6) is 0. The molecule has 0 radical (unpaired) electrons. The molecule has 0 unspecified atom stereocenters. The Hall–Kier alpha value is -1.09. The molecular formula is C20H41N3. The maximum Gasteiger partial charge on any atom is 0.0524 e.